The number of aryl methyl sites for hydroxylation is 1. The molecule has 0 radical (unpaired) electrons. The minimum atomic E-state index is 0.834. The maximum atomic E-state index is 3.43. The van der Waals surface area contributed by atoms with Crippen LogP contribution in [0.3, 0.4) is 0 Å². The zero-order valence-electron chi connectivity index (χ0n) is 9.74. The summed E-state index contributed by atoms with van der Waals surface area (Å²) in [7, 11) is 2.10. The van der Waals surface area contributed by atoms with Crippen molar-refractivity contribution < 1.29 is 0 Å². The summed E-state index contributed by atoms with van der Waals surface area (Å²) in [5, 5.41) is 4.80. The standard InChI is InChI=1S/C14H18N2/c1-16-7-5-13-9-11(2-3-14(13)16)8-12-4-6-15-10-12/h2-3,5,7,9,12,15H,4,6,8,10H2,1H3. The number of fused-ring (bicyclic) bond motifs is 1. The lowest BCUT2D eigenvalue weighted by Gasteiger charge is -2.08. The Hall–Kier alpha value is -1.28. The highest BCUT2D eigenvalue weighted by molar-refractivity contribution is 5.80. The Morgan fingerprint density at radius 3 is 3.12 bits per heavy atom. The van der Waals surface area contributed by atoms with Crippen LogP contribution in [0.25, 0.3) is 10.9 Å². The van der Waals surface area contributed by atoms with Gasteiger partial charge in [0.05, 0.1) is 0 Å². The van der Waals surface area contributed by atoms with Crippen molar-refractivity contribution in [3.8, 4) is 0 Å². The van der Waals surface area contributed by atoms with Crippen LogP contribution in [0.4, 0.5) is 0 Å². The van der Waals surface area contributed by atoms with E-state index in [2.05, 4.69) is 47.4 Å². The summed E-state index contributed by atoms with van der Waals surface area (Å²) < 4.78 is 2.18. The molecule has 1 aromatic carbocycles. The molecule has 1 aliphatic rings. The van der Waals surface area contributed by atoms with E-state index in [-0.39, 0.29) is 0 Å². The third kappa shape index (κ3) is 1.74. The molecule has 1 saturated heterocycles. The molecule has 0 spiro atoms. The van der Waals surface area contributed by atoms with Crippen LogP contribution in [0.2, 0.25) is 0 Å². The fourth-order valence-corrected chi connectivity index (χ4v) is 2.68. The van der Waals surface area contributed by atoms with Gasteiger partial charge in [-0.3, -0.25) is 0 Å². The molecule has 1 aromatic heterocycles. The summed E-state index contributed by atoms with van der Waals surface area (Å²) in [5.41, 5.74) is 2.81. The van der Waals surface area contributed by atoms with E-state index in [9.17, 15) is 0 Å². The van der Waals surface area contributed by atoms with Crippen LogP contribution in [0, 0.1) is 5.92 Å². The highest BCUT2D eigenvalue weighted by Crippen LogP contribution is 2.20. The normalized spacial score (nSPS) is 20.7. The van der Waals surface area contributed by atoms with Crippen LogP contribution in [-0.2, 0) is 13.5 Å². The van der Waals surface area contributed by atoms with Gasteiger partial charge < -0.3 is 9.88 Å². The number of benzene rings is 1. The van der Waals surface area contributed by atoms with E-state index in [0.29, 0.717) is 0 Å². The van der Waals surface area contributed by atoms with Gasteiger partial charge in [-0.2, -0.15) is 0 Å². The van der Waals surface area contributed by atoms with Gasteiger partial charge in [-0.25, -0.2) is 0 Å². The SMILES string of the molecule is Cn1ccc2cc(CC3CCNC3)ccc21. The first-order chi connectivity index (χ1) is 7.83. The van der Waals surface area contributed by atoms with Crippen LogP contribution >= 0.6 is 0 Å². The summed E-state index contributed by atoms with van der Waals surface area (Å²) >= 11 is 0. The lowest BCUT2D eigenvalue weighted by atomic mass is 9.98. The highest BCUT2D eigenvalue weighted by atomic mass is 14.9. The van der Waals surface area contributed by atoms with Crippen molar-refractivity contribution in [2.24, 2.45) is 13.0 Å². The van der Waals surface area contributed by atoms with Crippen molar-refractivity contribution in [1.29, 1.82) is 0 Å². The number of nitrogens with zero attached hydrogens (tertiary/aromatic N) is 1. The summed E-state index contributed by atoms with van der Waals surface area (Å²) in [6, 6.07) is 9.06. The van der Waals surface area contributed by atoms with E-state index in [1.165, 1.54) is 42.4 Å². The lowest BCUT2D eigenvalue weighted by Crippen LogP contribution is -2.10. The van der Waals surface area contributed by atoms with E-state index in [0.717, 1.165) is 5.92 Å². The molecule has 2 heterocycles. The lowest BCUT2D eigenvalue weighted by molar-refractivity contribution is 0.580. The molecule has 2 heteroatoms. The quantitative estimate of drug-likeness (QED) is 0.812. The molecule has 2 nitrogen and oxygen atoms in total. The molecular weight excluding hydrogens is 196 g/mol. The second-order valence-corrected chi connectivity index (χ2v) is 4.88. The summed E-state index contributed by atoms with van der Waals surface area (Å²) in [5.74, 6) is 0.834. The molecule has 0 amide bonds. The Labute approximate surface area is 96.3 Å². The van der Waals surface area contributed by atoms with Crippen LogP contribution in [0.1, 0.15) is 12.0 Å². The van der Waals surface area contributed by atoms with Gasteiger partial charge in [0.2, 0.25) is 0 Å². The molecule has 1 unspecified atom stereocenters. The third-order valence-electron chi connectivity index (χ3n) is 3.64. The zero-order chi connectivity index (χ0) is 11.0. The maximum Gasteiger partial charge on any atom is 0.0477 e. The van der Waals surface area contributed by atoms with Gasteiger partial charge in [0.15, 0.2) is 0 Å². The van der Waals surface area contributed by atoms with Crippen molar-refractivity contribution in [3.63, 3.8) is 0 Å². The molecule has 1 atom stereocenters. The largest absolute Gasteiger partial charge is 0.351 e. The average molecular weight is 214 g/mol. The average Bonchev–Trinajstić information content (AvgIpc) is 2.90. The maximum absolute atomic E-state index is 3.43. The topological polar surface area (TPSA) is 17.0 Å². The number of nitrogens with one attached hydrogen (secondary N) is 1. The van der Waals surface area contributed by atoms with Gasteiger partial charge in [0.25, 0.3) is 0 Å². The molecular formula is C14H18N2. The van der Waals surface area contributed by atoms with Crippen LogP contribution in [0.15, 0.2) is 30.5 Å². The van der Waals surface area contributed by atoms with E-state index >= 15 is 0 Å². The van der Waals surface area contributed by atoms with Crippen molar-refractivity contribution in [3.05, 3.63) is 36.0 Å². The first-order valence-corrected chi connectivity index (χ1v) is 6.07. The molecule has 2 aromatic rings. The molecule has 0 aliphatic carbocycles. The minimum absolute atomic E-state index is 0.834. The summed E-state index contributed by atoms with van der Waals surface area (Å²) in [6.07, 6.45) is 4.68. The molecule has 1 N–H and O–H groups in total. The van der Waals surface area contributed by atoms with Gasteiger partial charge in [0.1, 0.15) is 0 Å². The molecule has 16 heavy (non-hydrogen) atoms. The number of aromatic nitrogens is 1. The van der Waals surface area contributed by atoms with Crippen molar-refractivity contribution in [2.45, 2.75) is 12.8 Å². The first-order valence-electron chi connectivity index (χ1n) is 6.07. The molecule has 1 fully saturated rings. The summed E-state index contributed by atoms with van der Waals surface area (Å²) in [4.78, 5) is 0. The van der Waals surface area contributed by atoms with E-state index in [1.54, 1.807) is 0 Å². The molecule has 3 rings (SSSR count). The Morgan fingerprint density at radius 1 is 1.38 bits per heavy atom. The smallest absolute Gasteiger partial charge is 0.0477 e. The Kier molecular flexibility index (Phi) is 2.44. The Bertz CT molecular complexity index is 492. The molecule has 84 valence electrons. The fourth-order valence-electron chi connectivity index (χ4n) is 2.68. The monoisotopic (exact) mass is 214 g/mol. The van der Waals surface area contributed by atoms with Crippen LogP contribution < -0.4 is 5.32 Å². The van der Waals surface area contributed by atoms with Crippen LogP contribution in [0.5, 0.6) is 0 Å². The third-order valence-corrected chi connectivity index (χ3v) is 3.64. The molecule has 0 saturated carbocycles. The predicted molar refractivity (Wildman–Crippen MR) is 67.6 cm³/mol. The Morgan fingerprint density at radius 2 is 2.31 bits per heavy atom. The number of hydrogen-bond acceptors (Lipinski definition) is 1. The van der Waals surface area contributed by atoms with Gasteiger partial charge in [-0.15, -0.1) is 0 Å². The second-order valence-electron chi connectivity index (χ2n) is 4.88. The van der Waals surface area contributed by atoms with Crippen molar-refractivity contribution in [1.82, 2.24) is 9.88 Å². The van der Waals surface area contributed by atoms with Gasteiger partial charge in [0, 0.05) is 18.8 Å². The predicted octanol–water partition coefficient (Wildman–Crippen LogP) is 2.33. The van der Waals surface area contributed by atoms with Gasteiger partial charge in [-0.1, -0.05) is 6.07 Å². The van der Waals surface area contributed by atoms with Gasteiger partial charge >= 0.3 is 0 Å². The molecule has 0 bridgehead atoms. The fraction of sp³-hybridized carbons (Fsp3) is 0.429. The van der Waals surface area contributed by atoms with Gasteiger partial charge in [-0.05, 0) is 61.0 Å². The number of hydrogen-bond donors (Lipinski definition) is 1. The van der Waals surface area contributed by atoms with E-state index in [4.69, 9.17) is 0 Å². The zero-order valence-corrected chi connectivity index (χ0v) is 9.74. The molecule has 1 aliphatic heterocycles. The van der Waals surface area contributed by atoms with E-state index in [1.807, 2.05) is 0 Å². The van der Waals surface area contributed by atoms with Crippen molar-refractivity contribution >= 4 is 10.9 Å². The highest BCUT2D eigenvalue weighted by Gasteiger charge is 2.14. The second kappa shape index (κ2) is 3.95. The van der Waals surface area contributed by atoms with Crippen LogP contribution in [-0.4, -0.2) is 17.7 Å². The number of rotatable bonds is 2. The summed E-state index contributed by atoms with van der Waals surface area (Å²) in [6.45, 7) is 2.38. The first kappa shape index (κ1) is 9.91. The minimum Gasteiger partial charge on any atom is -0.351 e. The van der Waals surface area contributed by atoms with Crippen molar-refractivity contribution in [2.75, 3.05) is 13.1 Å². The van der Waals surface area contributed by atoms with E-state index < -0.39 is 0 Å². The Balaban J connectivity index is 1.87.